The van der Waals surface area contributed by atoms with Crippen molar-refractivity contribution in [3.05, 3.63) is 0 Å². The van der Waals surface area contributed by atoms with Crippen LogP contribution >= 0.6 is 0 Å². The van der Waals surface area contributed by atoms with Crippen molar-refractivity contribution in [1.82, 2.24) is 0 Å². The maximum atomic E-state index is 12.0. The minimum absolute atomic E-state index is 0.396. The second-order valence-electron chi connectivity index (χ2n) is 3.26. The summed E-state index contributed by atoms with van der Waals surface area (Å²) in [5.74, 6) is -0.396. The van der Waals surface area contributed by atoms with Gasteiger partial charge in [0.2, 0.25) is 0 Å². The number of halogens is 4. The zero-order chi connectivity index (χ0) is 9.99. The van der Waals surface area contributed by atoms with Crippen LogP contribution in [0, 0.1) is 5.92 Å². The highest BCUT2D eigenvalue weighted by molar-refractivity contribution is 4.86. The van der Waals surface area contributed by atoms with Crippen molar-refractivity contribution in [3.8, 4) is 0 Å². The molecule has 1 atom stereocenters. The van der Waals surface area contributed by atoms with Gasteiger partial charge in [-0.3, -0.25) is 0 Å². The summed E-state index contributed by atoms with van der Waals surface area (Å²) >= 11 is 0. The Labute approximate surface area is 68.4 Å². The standard InChI is InChI=1S/C7H12F4O/c1-5(2)3-6(12,4-8)7(9,10)11/h5,12H,3-4H2,1-2H3. The average Bonchev–Trinajstić information content (AvgIpc) is 1.83. The van der Waals surface area contributed by atoms with Gasteiger partial charge in [0.05, 0.1) is 0 Å². The Balaban J connectivity index is 4.46. The maximum Gasteiger partial charge on any atom is 0.419 e. The SMILES string of the molecule is CC(C)CC(O)(CF)C(F)(F)F. The van der Waals surface area contributed by atoms with Crippen LogP contribution in [0.3, 0.4) is 0 Å². The van der Waals surface area contributed by atoms with Gasteiger partial charge < -0.3 is 5.11 Å². The molecule has 1 nitrogen and oxygen atoms in total. The van der Waals surface area contributed by atoms with Gasteiger partial charge in [0.15, 0.2) is 5.60 Å². The van der Waals surface area contributed by atoms with Crippen molar-refractivity contribution in [2.75, 3.05) is 6.67 Å². The van der Waals surface area contributed by atoms with Gasteiger partial charge in [0.1, 0.15) is 6.67 Å². The Morgan fingerprint density at radius 3 is 1.75 bits per heavy atom. The molecule has 0 spiro atoms. The molecule has 0 aliphatic carbocycles. The summed E-state index contributed by atoms with van der Waals surface area (Å²) in [6.45, 7) is 1.20. The Morgan fingerprint density at radius 1 is 1.25 bits per heavy atom. The number of rotatable bonds is 3. The van der Waals surface area contributed by atoms with Crippen molar-refractivity contribution >= 4 is 0 Å². The van der Waals surface area contributed by atoms with E-state index in [4.69, 9.17) is 5.11 Å². The van der Waals surface area contributed by atoms with Crippen LogP contribution in [0.2, 0.25) is 0 Å². The first kappa shape index (κ1) is 11.7. The fourth-order valence-electron chi connectivity index (χ4n) is 0.921. The molecule has 0 saturated carbocycles. The van der Waals surface area contributed by atoms with Crippen LogP contribution in [0.25, 0.3) is 0 Å². The van der Waals surface area contributed by atoms with Gasteiger partial charge in [-0.1, -0.05) is 13.8 Å². The van der Waals surface area contributed by atoms with E-state index in [1.165, 1.54) is 13.8 Å². The maximum absolute atomic E-state index is 12.0. The summed E-state index contributed by atoms with van der Waals surface area (Å²) < 4.78 is 47.9. The molecule has 0 aromatic carbocycles. The second-order valence-corrected chi connectivity index (χ2v) is 3.26. The monoisotopic (exact) mass is 188 g/mol. The van der Waals surface area contributed by atoms with E-state index in [1.54, 1.807) is 0 Å². The summed E-state index contributed by atoms with van der Waals surface area (Å²) in [4.78, 5) is 0. The summed E-state index contributed by atoms with van der Waals surface area (Å²) in [6, 6.07) is 0. The van der Waals surface area contributed by atoms with Crippen LogP contribution in [0.5, 0.6) is 0 Å². The summed E-state index contributed by atoms with van der Waals surface area (Å²) in [6.07, 6.45) is -5.49. The molecule has 0 aliphatic rings. The first-order valence-corrected chi connectivity index (χ1v) is 3.58. The molecule has 12 heavy (non-hydrogen) atoms. The Morgan fingerprint density at radius 2 is 1.67 bits per heavy atom. The zero-order valence-electron chi connectivity index (χ0n) is 6.95. The van der Waals surface area contributed by atoms with E-state index >= 15 is 0 Å². The average molecular weight is 188 g/mol. The van der Waals surface area contributed by atoms with Gasteiger partial charge >= 0.3 is 6.18 Å². The van der Waals surface area contributed by atoms with Gasteiger partial charge in [-0.25, -0.2) is 4.39 Å². The Kier molecular flexibility index (Phi) is 3.50. The molecule has 0 aliphatic heterocycles. The normalized spacial score (nSPS) is 18.0. The largest absolute Gasteiger partial charge is 0.419 e. The van der Waals surface area contributed by atoms with Crippen molar-refractivity contribution in [1.29, 1.82) is 0 Å². The van der Waals surface area contributed by atoms with Gasteiger partial charge in [-0.15, -0.1) is 0 Å². The van der Waals surface area contributed by atoms with E-state index < -0.39 is 30.8 Å². The van der Waals surface area contributed by atoms with E-state index in [1.807, 2.05) is 0 Å². The highest BCUT2D eigenvalue weighted by Gasteiger charge is 2.53. The molecule has 0 aromatic heterocycles. The molecule has 1 unspecified atom stereocenters. The fraction of sp³-hybridized carbons (Fsp3) is 1.00. The molecule has 0 saturated heterocycles. The van der Waals surface area contributed by atoms with Gasteiger partial charge in [0.25, 0.3) is 0 Å². The first-order valence-electron chi connectivity index (χ1n) is 3.58. The summed E-state index contributed by atoms with van der Waals surface area (Å²) in [5, 5.41) is 8.83. The topological polar surface area (TPSA) is 20.2 Å². The van der Waals surface area contributed by atoms with Crippen LogP contribution in [0.15, 0.2) is 0 Å². The van der Waals surface area contributed by atoms with Crippen LogP contribution in [0.1, 0.15) is 20.3 Å². The molecular weight excluding hydrogens is 176 g/mol. The van der Waals surface area contributed by atoms with E-state index in [0.717, 1.165) is 0 Å². The van der Waals surface area contributed by atoms with Crippen LogP contribution in [0.4, 0.5) is 17.6 Å². The lowest BCUT2D eigenvalue weighted by Gasteiger charge is -2.28. The third kappa shape index (κ3) is 2.62. The fourth-order valence-corrected chi connectivity index (χ4v) is 0.921. The van der Waals surface area contributed by atoms with Crippen LogP contribution < -0.4 is 0 Å². The Hall–Kier alpha value is -0.320. The highest BCUT2D eigenvalue weighted by Crippen LogP contribution is 2.35. The van der Waals surface area contributed by atoms with Crippen molar-refractivity contribution in [3.63, 3.8) is 0 Å². The zero-order valence-corrected chi connectivity index (χ0v) is 6.95. The lowest BCUT2D eigenvalue weighted by atomic mass is 9.93. The van der Waals surface area contributed by atoms with Crippen LogP contribution in [-0.2, 0) is 0 Å². The molecule has 74 valence electrons. The quantitative estimate of drug-likeness (QED) is 0.674. The smallest absolute Gasteiger partial charge is 0.378 e. The molecule has 0 amide bonds. The number of alkyl halides is 4. The molecule has 0 fully saturated rings. The van der Waals surface area contributed by atoms with E-state index in [9.17, 15) is 17.6 Å². The molecule has 5 heteroatoms. The Bertz CT molecular complexity index is 143. The molecule has 0 rings (SSSR count). The molecule has 0 aromatic rings. The third-order valence-electron chi connectivity index (χ3n) is 1.49. The van der Waals surface area contributed by atoms with E-state index in [-0.39, 0.29) is 0 Å². The van der Waals surface area contributed by atoms with Crippen molar-refractivity contribution in [2.45, 2.75) is 32.0 Å². The molecule has 0 bridgehead atoms. The van der Waals surface area contributed by atoms with Crippen molar-refractivity contribution in [2.24, 2.45) is 5.92 Å². The first-order chi connectivity index (χ1) is 5.23. The van der Waals surface area contributed by atoms with Gasteiger partial charge in [-0.2, -0.15) is 13.2 Å². The van der Waals surface area contributed by atoms with E-state index in [0.29, 0.717) is 0 Å². The minimum Gasteiger partial charge on any atom is -0.378 e. The molecule has 0 radical (unpaired) electrons. The predicted octanol–water partition coefficient (Wildman–Crippen LogP) is 2.30. The third-order valence-corrected chi connectivity index (χ3v) is 1.49. The highest BCUT2D eigenvalue weighted by atomic mass is 19.4. The predicted molar refractivity (Wildman–Crippen MR) is 36.4 cm³/mol. The number of hydrogen-bond acceptors (Lipinski definition) is 1. The number of aliphatic hydroxyl groups is 1. The minimum atomic E-state index is -4.88. The second kappa shape index (κ2) is 3.60. The van der Waals surface area contributed by atoms with Crippen molar-refractivity contribution < 1.29 is 22.7 Å². The van der Waals surface area contributed by atoms with E-state index in [2.05, 4.69) is 0 Å². The summed E-state index contributed by atoms with van der Waals surface area (Å²) in [7, 11) is 0. The lowest BCUT2D eigenvalue weighted by molar-refractivity contribution is -0.269. The number of hydrogen-bond donors (Lipinski definition) is 1. The van der Waals surface area contributed by atoms with Gasteiger partial charge in [0, 0.05) is 0 Å². The molecule has 0 heterocycles. The molecular formula is C7H12F4O. The molecule has 1 N–H and O–H groups in total. The van der Waals surface area contributed by atoms with Gasteiger partial charge in [-0.05, 0) is 12.3 Å². The summed E-state index contributed by atoms with van der Waals surface area (Å²) in [5.41, 5.74) is -3.17. The lowest BCUT2D eigenvalue weighted by Crippen LogP contribution is -2.48. The van der Waals surface area contributed by atoms with Crippen LogP contribution in [-0.4, -0.2) is 23.6 Å².